The van der Waals surface area contributed by atoms with E-state index in [1.165, 1.54) is 38.3 Å². The van der Waals surface area contributed by atoms with E-state index in [0.717, 1.165) is 18.8 Å². The van der Waals surface area contributed by atoms with Gasteiger partial charge in [-0.2, -0.15) is 4.98 Å². The number of ether oxygens (including phenoxy) is 1. The zero-order valence-electron chi connectivity index (χ0n) is 17.4. The summed E-state index contributed by atoms with van der Waals surface area (Å²) in [6.45, 7) is 2.01. The number of aliphatic carboxylic acids is 1. The van der Waals surface area contributed by atoms with E-state index >= 15 is 0 Å². The first-order valence-electron chi connectivity index (χ1n) is 10.8. The molecule has 1 fully saturated rings. The average molecular weight is 415 g/mol. The molecule has 1 N–H and O–H groups in total. The molecular weight excluding hydrogens is 386 g/mol. The van der Waals surface area contributed by atoms with Crippen molar-refractivity contribution in [1.29, 1.82) is 0 Å². The fourth-order valence-electron chi connectivity index (χ4n) is 4.02. The molecule has 0 aliphatic heterocycles. The third kappa shape index (κ3) is 6.11. The zero-order valence-corrected chi connectivity index (χ0v) is 17.4. The number of hydrogen-bond donors (Lipinski definition) is 1. The Morgan fingerprint density at radius 2 is 2.07 bits per heavy atom. The number of carboxylic acids is 1. The lowest BCUT2D eigenvalue weighted by molar-refractivity contribution is -0.137. The molecule has 0 aromatic carbocycles. The van der Waals surface area contributed by atoms with Gasteiger partial charge in [0, 0.05) is 17.7 Å². The average Bonchev–Trinajstić information content (AvgIpc) is 3.24. The van der Waals surface area contributed by atoms with Gasteiger partial charge in [0.1, 0.15) is 5.69 Å². The van der Waals surface area contributed by atoms with Crippen molar-refractivity contribution in [3.05, 3.63) is 29.9 Å². The van der Waals surface area contributed by atoms with Crippen molar-refractivity contribution in [2.75, 3.05) is 6.61 Å². The Morgan fingerprint density at radius 3 is 2.73 bits per heavy atom. The molecule has 0 spiro atoms. The molecule has 0 bridgehead atoms. The van der Waals surface area contributed by atoms with E-state index in [1.807, 2.05) is 0 Å². The molecule has 1 aliphatic rings. The van der Waals surface area contributed by atoms with Gasteiger partial charge >= 0.3 is 11.9 Å². The lowest BCUT2D eigenvalue weighted by atomic mass is 9.84. The van der Waals surface area contributed by atoms with Crippen LogP contribution in [-0.2, 0) is 9.53 Å². The van der Waals surface area contributed by atoms with Gasteiger partial charge < -0.3 is 14.4 Å². The zero-order chi connectivity index (χ0) is 21.3. The number of carboxylic acid groups (broad SMARTS) is 1. The second-order valence-electron chi connectivity index (χ2n) is 7.84. The standard InChI is InChI=1S/C22H29N3O5/c1-2-29-22(28)18-12-11-17(14-23-18)20-24-21(30-25-20)16(13-19(26)27)10-6-9-15-7-4-3-5-8-15/h11-12,14-16H,2-10,13H2,1H3,(H,26,27). The Balaban J connectivity index is 1.63. The molecule has 1 unspecified atom stereocenters. The lowest BCUT2D eigenvalue weighted by Gasteiger charge is -2.21. The molecule has 162 valence electrons. The SMILES string of the molecule is CCOC(=O)c1ccc(-c2noc(C(CCCC3CCCCC3)CC(=O)O)n2)cn1. The summed E-state index contributed by atoms with van der Waals surface area (Å²) in [6, 6.07) is 3.21. The molecular formula is C22H29N3O5. The van der Waals surface area contributed by atoms with Crippen LogP contribution in [0.4, 0.5) is 0 Å². The highest BCUT2D eigenvalue weighted by Gasteiger charge is 2.23. The van der Waals surface area contributed by atoms with Crippen LogP contribution in [0.3, 0.4) is 0 Å². The molecule has 0 amide bonds. The van der Waals surface area contributed by atoms with Crippen LogP contribution in [0.2, 0.25) is 0 Å². The molecule has 3 rings (SSSR count). The summed E-state index contributed by atoms with van der Waals surface area (Å²) in [5, 5.41) is 13.3. The third-order valence-corrected chi connectivity index (χ3v) is 5.61. The predicted molar refractivity (Wildman–Crippen MR) is 109 cm³/mol. The van der Waals surface area contributed by atoms with E-state index in [4.69, 9.17) is 9.26 Å². The number of carbonyl (C=O) groups excluding carboxylic acids is 1. The van der Waals surface area contributed by atoms with Gasteiger partial charge in [-0.1, -0.05) is 50.1 Å². The molecule has 0 saturated heterocycles. The number of rotatable bonds is 10. The quantitative estimate of drug-likeness (QED) is 0.559. The van der Waals surface area contributed by atoms with Gasteiger partial charge in [0.05, 0.1) is 13.0 Å². The Bertz CT molecular complexity index is 828. The number of pyridine rings is 1. The molecule has 2 heterocycles. The first-order valence-corrected chi connectivity index (χ1v) is 10.8. The maximum absolute atomic E-state index is 11.7. The van der Waals surface area contributed by atoms with Crippen molar-refractivity contribution in [2.24, 2.45) is 5.92 Å². The van der Waals surface area contributed by atoms with Gasteiger partial charge in [-0.25, -0.2) is 9.78 Å². The minimum Gasteiger partial charge on any atom is -0.481 e. The highest BCUT2D eigenvalue weighted by atomic mass is 16.5. The summed E-state index contributed by atoms with van der Waals surface area (Å²) >= 11 is 0. The van der Waals surface area contributed by atoms with E-state index in [-0.39, 0.29) is 24.6 Å². The number of nitrogens with zero attached hydrogens (tertiary/aromatic N) is 3. The summed E-state index contributed by atoms with van der Waals surface area (Å²) in [7, 11) is 0. The van der Waals surface area contributed by atoms with E-state index in [9.17, 15) is 14.7 Å². The van der Waals surface area contributed by atoms with Crippen LogP contribution in [0.5, 0.6) is 0 Å². The van der Waals surface area contributed by atoms with Gasteiger partial charge in [-0.05, 0) is 31.4 Å². The number of hydrogen-bond acceptors (Lipinski definition) is 7. The molecule has 1 saturated carbocycles. The Morgan fingerprint density at radius 1 is 1.27 bits per heavy atom. The predicted octanol–water partition coefficient (Wildman–Crippen LogP) is 4.62. The van der Waals surface area contributed by atoms with Gasteiger partial charge in [0.2, 0.25) is 11.7 Å². The third-order valence-electron chi connectivity index (χ3n) is 5.61. The van der Waals surface area contributed by atoms with Gasteiger partial charge in [0.15, 0.2) is 0 Å². The maximum Gasteiger partial charge on any atom is 0.356 e. The smallest absolute Gasteiger partial charge is 0.356 e. The summed E-state index contributed by atoms with van der Waals surface area (Å²) in [5.74, 6) is -0.248. The summed E-state index contributed by atoms with van der Waals surface area (Å²) in [4.78, 5) is 31.5. The van der Waals surface area contributed by atoms with Crippen molar-refractivity contribution >= 4 is 11.9 Å². The molecule has 30 heavy (non-hydrogen) atoms. The number of aromatic nitrogens is 3. The van der Waals surface area contributed by atoms with Crippen LogP contribution in [0.15, 0.2) is 22.9 Å². The number of carbonyl (C=O) groups is 2. The van der Waals surface area contributed by atoms with Crippen LogP contribution >= 0.6 is 0 Å². The Labute approximate surface area is 176 Å². The topological polar surface area (TPSA) is 115 Å². The van der Waals surface area contributed by atoms with Crippen molar-refractivity contribution in [3.8, 4) is 11.4 Å². The molecule has 2 aromatic heterocycles. The maximum atomic E-state index is 11.7. The van der Waals surface area contributed by atoms with Crippen LogP contribution in [0.1, 0.15) is 87.0 Å². The fourth-order valence-corrected chi connectivity index (χ4v) is 4.02. The van der Waals surface area contributed by atoms with Crippen LogP contribution in [-0.4, -0.2) is 38.8 Å². The molecule has 2 aromatic rings. The minimum atomic E-state index is -0.877. The first kappa shape index (κ1) is 21.9. The number of esters is 1. The van der Waals surface area contributed by atoms with Crippen molar-refractivity contribution < 1.29 is 24.0 Å². The second-order valence-corrected chi connectivity index (χ2v) is 7.84. The molecule has 0 radical (unpaired) electrons. The monoisotopic (exact) mass is 415 g/mol. The van der Waals surface area contributed by atoms with Crippen molar-refractivity contribution in [3.63, 3.8) is 0 Å². The second kappa shape index (κ2) is 10.8. The summed E-state index contributed by atoms with van der Waals surface area (Å²) in [6.07, 6.45) is 10.7. The summed E-state index contributed by atoms with van der Waals surface area (Å²) < 4.78 is 10.3. The van der Waals surface area contributed by atoms with Crippen molar-refractivity contribution in [2.45, 2.75) is 70.6 Å². The van der Waals surface area contributed by atoms with Gasteiger partial charge in [0.25, 0.3) is 0 Å². The van der Waals surface area contributed by atoms with Gasteiger partial charge in [-0.3, -0.25) is 4.79 Å². The normalized spacial score (nSPS) is 15.6. The fraction of sp³-hybridized carbons (Fsp3) is 0.591. The lowest BCUT2D eigenvalue weighted by Crippen LogP contribution is -2.10. The summed E-state index contributed by atoms with van der Waals surface area (Å²) in [5.41, 5.74) is 0.796. The first-order chi connectivity index (χ1) is 14.6. The van der Waals surface area contributed by atoms with Crippen LogP contribution in [0.25, 0.3) is 11.4 Å². The van der Waals surface area contributed by atoms with E-state index < -0.39 is 11.9 Å². The minimum absolute atomic E-state index is 0.0354. The van der Waals surface area contributed by atoms with Crippen molar-refractivity contribution in [1.82, 2.24) is 15.1 Å². The Kier molecular flexibility index (Phi) is 7.93. The van der Waals surface area contributed by atoms with Crippen LogP contribution in [0, 0.1) is 5.92 Å². The molecule has 1 aliphatic carbocycles. The van der Waals surface area contributed by atoms with Gasteiger partial charge in [-0.15, -0.1) is 0 Å². The largest absolute Gasteiger partial charge is 0.481 e. The molecule has 1 atom stereocenters. The molecule has 8 nitrogen and oxygen atoms in total. The molecule has 8 heteroatoms. The van der Waals surface area contributed by atoms with E-state index in [0.29, 0.717) is 23.7 Å². The van der Waals surface area contributed by atoms with E-state index in [1.54, 1.807) is 19.1 Å². The highest BCUT2D eigenvalue weighted by molar-refractivity contribution is 5.87. The highest BCUT2D eigenvalue weighted by Crippen LogP contribution is 2.31. The van der Waals surface area contributed by atoms with Crippen LogP contribution < -0.4 is 0 Å². The Hall–Kier alpha value is -2.77. The van der Waals surface area contributed by atoms with E-state index in [2.05, 4.69) is 15.1 Å².